The van der Waals surface area contributed by atoms with Crippen LogP contribution in [0.1, 0.15) is 11.3 Å². The van der Waals surface area contributed by atoms with Crippen LogP contribution in [-0.4, -0.2) is 4.98 Å². The number of benzene rings is 2. The minimum absolute atomic E-state index is 0.689. The van der Waals surface area contributed by atoms with Gasteiger partial charge in [-0.15, -0.1) is 0 Å². The van der Waals surface area contributed by atoms with Crippen LogP contribution in [0.5, 0.6) is 0 Å². The first-order chi connectivity index (χ1) is 9.25. The van der Waals surface area contributed by atoms with Gasteiger partial charge < -0.3 is 4.42 Å². The summed E-state index contributed by atoms with van der Waals surface area (Å²) in [6.07, 6.45) is 0. The maximum atomic E-state index is 5.96. The minimum atomic E-state index is 0.689. The second-order valence-corrected chi connectivity index (χ2v) is 4.61. The van der Waals surface area contributed by atoms with Crippen molar-refractivity contribution in [1.29, 1.82) is 0 Å². The summed E-state index contributed by atoms with van der Waals surface area (Å²) < 4.78 is 5.96. The summed E-state index contributed by atoms with van der Waals surface area (Å²) in [6, 6.07) is 18.2. The minimum Gasteiger partial charge on any atom is -0.436 e. The van der Waals surface area contributed by atoms with E-state index in [9.17, 15) is 0 Å². The summed E-state index contributed by atoms with van der Waals surface area (Å²) in [5, 5.41) is 0. The van der Waals surface area contributed by atoms with Crippen molar-refractivity contribution < 1.29 is 4.42 Å². The number of aryl methyl sites for hydroxylation is 2. The van der Waals surface area contributed by atoms with Crippen LogP contribution in [0.4, 0.5) is 0 Å². The normalized spacial score (nSPS) is 10.6. The Balaban J connectivity index is 2.10. The first-order valence-corrected chi connectivity index (χ1v) is 6.34. The van der Waals surface area contributed by atoms with Crippen LogP contribution in [0.2, 0.25) is 0 Å². The molecule has 1 aromatic heterocycles. The van der Waals surface area contributed by atoms with Crippen LogP contribution in [0.25, 0.3) is 22.8 Å². The van der Waals surface area contributed by atoms with Crippen LogP contribution in [0.3, 0.4) is 0 Å². The molecule has 0 bridgehead atoms. The molecule has 0 fully saturated rings. The van der Waals surface area contributed by atoms with Crippen LogP contribution in [0.15, 0.2) is 59.0 Å². The van der Waals surface area contributed by atoms with Crippen molar-refractivity contribution in [2.75, 3.05) is 0 Å². The Morgan fingerprint density at radius 2 is 1.53 bits per heavy atom. The molecule has 94 valence electrons. The molecule has 0 saturated carbocycles. The second-order valence-electron chi connectivity index (χ2n) is 4.61. The van der Waals surface area contributed by atoms with Crippen molar-refractivity contribution in [3.63, 3.8) is 0 Å². The molecule has 0 atom stereocenters. The van der Waals surface area contributed by atoms with Crippen molar-refractivity contribution in [2.24, 2.45) is 0 Å². The fourth-order valence-electron chi connectivity index (χ4n) is 2.18. The van der Waals surface area contributed by atoms with E-state index in [2.05, 4.69) is 18.0 Å². The Bertz CT molecular complexity index is 698. The van der Waals surface area contributed by atoms with Gasteiger partial charge in [-0.3, -0.25) is 0 Å². The molecule has 2 aromatic carbocycles. The first kappa shape index (κ1) is 11.7. The molecule has 2 heteroatoms. The fraction of sp³-hybridized carbons (Fsp3) is 0.118. The van der Waals surface area contributed by atoms with E-state index < -0.39 is 0 Å². The summed E-state index contributed by atoms with van der Waals surface area (Å²) in [4.78, 5) is 4.55. The Hall–Kier alpha value is -2.35. The third-order valence-corrected chi connectivity index (χ3v) is 3.21. The predicted octanol–water partition coefficient (Wildman–Crippen LogP) is 4.63. The molecular formula is C17H15NO. The van der Waals surface area contributed by atoms with Crippen LogP contribution >= 0.6 is 0 Å². The highest BCUT2D eigenvalue weighted by Crippen LogP contribution is 2.30. The summed E-state index contributed by atoms with van der Waals surface area (Å²) in [7, 11) is 0. The van der Waals surface area contributed by atoms with E-state index in [1.807, 2.05) is 55.5 Å². The van der Waals surface area contributed by atoms with Gasteiger partial charge in [0.15, 0.2) is 5.76 Å². The quantitative estimate of drug-likeness (QED) is 0.662. The van der Waals surface area contributed by atoms with E-state index >= 15 is 0 Å². The van der Waals surface area contributed by atoms with Gasteiger partial charge in [0.1, 0.15) is 0 Å². The lowest BCUT2D eigenvalue weighted by Gasteiger charge is -2.00. The van der Waals surface area contributed by atoms with E-state index in [0.717, 1.165) is 22.6 Å². The number of hydrogen-bond acceptors (Lipinski definition) is 2. The van der Waals surface area contributed by atoms with Gasteiger partial charge in [-0.1, -0.05) is 48.5 Å². The Labute approximate surface area is 112 Å². The lowest BCUT2D eigenvalue weighted by molar-refractivity contribution is 0.587. The van der Waals surface area contributed by atoms with E-state index in [-0.39, 0.29) is 0 Å². The zero-order chi connectivity index (χ0) is 13.2. The van der Waals surface area contributed by atoms with Gasteiger partial charge >= 0.3 is 0 Å². The molecule has 0 saturated heterocycles. The van der Waals surface area contributed by atoms with Crippen molar-refractivity contribution in [2.45, 2.75) is 13.8 Å². The van der Waals surface area contributed by atoms with Gasteiger partial charge in [-0.25, -0.2) is 4.98 Å². The van der Waals surface area contributed by atoms with Gasteiger partial charge in [-0.05, 0) is 25.5 Å². The molecule has 3 rings (SSSR count). The van der Waals surface area contributed by atoms with Gasteiger partial charge in [0.05, 0.1) is 5.69 Å². The molecule has 19 heavy (non-hydrogen) atoms. The molecule has 3 aromatic rings. The number of oxazole rings is 1. The highest BCUT2D eigenvalue weighted by atomic mass is 16.4. The molecule has 0 aliphatic heterocycles. The van der Waals surface area contributed by atoms with Gasteiger partial charge in [0.25, 0.3) is 0 Å². The number of nitrogens with zero attached hydrogens (tertiary/aromatic N) is 1. The molecule has 0 unspecified atom stereocenters. The number of rotatable bonds is 2. The highest BCUT2D eigenvalue weighted by molar-refractivity contribution is 5.65. The molecule has 0 radical (unpaired) electrons. The van der Waals surface area contributed by atoms with Gasteiger partial charge in [-0.2, -0.15) is 0 Å². The molecular weight excluding hydrogens is 234 g/mol. The van der Waals surface area contributed by atoms with Crippen molar-refractivity contribution in [1.82, 2.24) is 4.98 Å². The van der Waals surface area contributed by atoms with E-state index in [1.54, 1.807) is 0 Å². The third-order valence-electron chi connectivity index (χ3n) is 3.21. The third kappa shape index (κ3) is 2.17. The van der Waals surface area contributed by atoms with Crippen molar-refractivity contribution in [3.8, 4) is 22.8 Å². The number of aromatic nitrogens is 1. The molecule has 0 amide bonds. The summed E-state index contributed by atoms with van der Waals surface area (Å²) in [6.45, 7) is 4.05. The largest absolute Gasteiger partial charge is 0.436 e. The standard InChI is InChI=1S/C17H15NO/c1-12-8-6-7-11-15(12)17-18-13(2)16(19-17)14-9-4-3-5-10-14/h3-11H,1-2H3. The summed E-state index contributed by atoms with van der Waals surface area (Å²) in [5.41, 5.74) is 4.20. The number of hydrogen-bond donors (Lipinski definition) is 0. The lowest BCUT2D eigenvalue weighted by atomic mass is 10.1. The molecule has 0 spiro atoms. The topological polar surface area (TPSA) is 26.0 Å². The smallest absolute Gasteiger partial charge is 0.227 e. The van der Waals surface area contributed by atoms with E-state index in [4.69, 9.17) is 4.42 Å². The lowest BCUT2D eigenvalue weighted by Crippen LogP contribution is -1.82. The van der Waals surface area contributed by atoms with Crippen LogP contribution in [-0.2, 0) is 0 Å². The predicted molar refractivity (Wildman–Crippen MR) is 76.8 cm³/mol. The molecule has 0 aliphatic rings. The Morgan fingerprint density at radius 1 is 0.842 bits per heavy atom. The Morgan fingerprint density at radius 3 is 2.26 bits per heavy atom. The van der Waals surface area contributed by atoms with Gasteiger partial charge in [0.2, 0.25) is 5.89 Å². The molecule has 1 heterocycles. The fourth-order valence-corrected chi connectivity index (χ4v) is 2.18. The van der Waals surface area contributed by atoms with Crippen molar-refractivity contribution >= 4 is 0 Å². The SMILES string of the molecule is Cc1ccccc1-c1nc(C)c(-c2ccccc2)o1. The molecule has 0 aliphatic carbocycles. The Kier molecular flexibility index (Phi) is 2.92. The summed E-state index contributed by atoms with van der Waals surface area (Å²) >= 11 is 0. The van der Waals surface area contributed by atoms with Crippen LogP contribution in [0, 0.1) is 13.8 Å². The van der Waals surface area contributed by atoms with Crippen molar-refractivity contribution in [3.05, 3.63) is 65.9 Å². The van der Waals surface area contributed by atoms with Gasteiger partial charge in [0, 0.05) is 11.1 Å². The second kappa shape index (κ2) is 4.73. The van der Waals surface area contributed by atoms with Crippen LogP contribution < -0.4 is 0 Å². The highest BCUT2D eigenvalue weighted by Gasteiger charge is 2.13. The molecule has 2 nitrogen and oxygen atoms in total. The zero-order valence-corrected chi connectivity index (χ0v) is 11.1. The first-order valence-electron chi connectivity index (χ1n) is 6.34. The average molecular weight is 249 g/mol. The molecule has 0 N–H and O–H groups in total. The zero-order valence-electron chi connectivity index (χ0n) is 11.1. The van der Waals surface area contributed by atoms with E-state index in [0.29, 0.717) is 5.89 Å². The monoisotopic (exact) mass is 249 g/mol. The summed E-state index contributed by atoms with van der Waals surface area (Å²) in [5.74, 6) is 1.54. The maximum Gasteiger partial charge on any atom is 0.227 e. The van der Waals surface area contributed by atoms with E-state index in [1.165, 1.54) is 5.56 Å². The average Bonchev–Trinajstić information content (AvgIpc) is 2.82. The maximum absolute atomic E-state index is 5.96.